The van der Waals surface area contributed by atoms with E-state index in [1.165, 1.54) is 6.42 Å². The zero-order valence-corrected chi connectivity index (χ0v) is 11.5. The Labute approximate surface area is 105 Å². The summed E-state index contributed by atoms with van der Waals surface area (Å²) >= 11 is 0. The predicted octanol–water partition coefficient (Wildman–Crippen LogP) is 0.962. The second-order valence-electron chi connectivity index (χ2n) is 5.57. The highest BCUT2D eigenvalue weighted by molar-refractivity contribution is 5.83. The van der Waals surface area contributed by atoms with Crippen LogP contribution in [0.4, 0.5) is 0 Å². The van der Waals surface area contributed by atoms with Gasteiger partial charge in [0.25, 0.3) is 0 Å². The fourth-order valence-electron chi connectivity index (χ4n) is 2.36. The van der Waals surface area contributed by atoms with Crippen LogP contribution in [0.1, 0.15) is 39.0 Å². The first-order valence-electron chi connectivity index (χ1n) is 6.66. The standard InChI is InChI=1S/C13H27N3O/c1-11(16(2)3)9-15-12(17)13(10-14)7-5-4-6-8-13/h11H,4-10,14H2,1-3H3,(H,15,17). The molecule has 1 amide bonds. The van der Waals surface area contributed by atoms with Crippen LogP contribution in [0.2, 0.25) is 0 Å². The molecule has 1 atom stereocenters. The number of amides is 1. The summed E-state index contributed by atoms with van der Waals surface area (Å²) in [7, 11) is 4.05. The monoisotopic (exact) mass is 241 g/mol. The lowest BCUT2D eigenvalue weighted by Gasteiger charge is -2.35. The Kier molecular flexibility index (Phi) is 5.40. The third-order valence-electron chi connectivity index (χ3n) is 4.12. The Balaban J connectivity index is 2.49. The normalized spacial score (nSPS) is 21.2. The van der Waals surface area contributed by atoms with Crippen molar-refractivity contribution in [3.05, 3.63) is 0 Å². The van der Waals surface area contributed by atoms with Crippen molar-refractivity contribution in [3.63, 3.8) is 0 Å². The van der Waals surface area contributed by atoms with Crippen LogP contribution in [0.25, 0.3) is 0 Å². The summed E-state index contributed by atoms with van der Waals surface area (Å²) in [6.07, 6.45) is 5.40. The minimum Gasteiger partial charge on any atom is -0.354 e. The van der Waals surface area contributed by atoms with Crippen molar-refractivity contribution in [3.8, 4) is 0 Å². The largest absolute Gasteiger partial charge is 0.354 e. The van der Waals surface area contributed by atoms with Crippen LogP contribution in [0.5, 0.6) is 0 Å². The van der Waals surface area contributed by atoms with Crippen LogP contribution in [0, 0.1) is 5.41 Å². The van der Waals surface area contributed by atoms with Gasteiger partial charge in [-0.3, -0.25) is 4.79 Å². The van der Waals surface area contributed by atoms with E-state index in [4.69, 9.17) is 5.73 Å². The molecule has 3 N–H and O–H groups in total. The first kappa shape index (κ1) is 14.5. The number of hydrogen-bond acceptors (Lipinski definition) is 3. The van der Waals surface area contributed by atoms with Crippen LogP contribution in [0.15, 0.2) is 0 Å². The number of nitrogens with one attached hydrogen (secondary N) is 1. The van der Waals surface area contributed by atoms with Gasteiger partial charge in [-0.2, -0.15) is 0 Å². The molecule has 4 nitrogen and oxygen atoms in total. The topological polar surface area (TPSA) is 58.4 Å². The van der Waals surface area contributed by atoms with Gasteiger partial charge in [0.2, 0.25) is 5.91 Å². The number of nitrogens with zero attached hydrogens (tertiary/aromatic N) is 1. The maximum absolute atomic E-state index is 12.3. The van der Waals surface area contributed by atoms with Gasteiger partial charge in [0, 0.05) is 19.1 Å². The van der Waals surface area contributed by atoms with E-state index in [0.29, 0.717) is 19.1 Å². The summed E-state index contributed by atoms with van der Waals surface area (Å²) in [6.45, 7) is 3.29. The van der Waals surface area contributed by atoms with E-state index in [1.807, 2.05) is 14.1 Å². The third-order valence-corrected chi connectivity index (χ3v) is 4.12. The van der Waals surface area contributed by atoms with E-state index in [1.54, 1.807) is 0 Å². The van der Waals surface area contributed by atoms with Crippen LogP contribution < -0.4 is 11.1 Å². The Morgan fingerprint density at radius 2 is 1.94 bits per heavy atom. The SMILES string of the molecule is CC(CNC(=O)C1(CN)CCCCC1)N(C)C. The molecular formula is C13H27N3O. The van der Waals surface area contributed by atoms with Crippen molar-refractivity contribution in [2.75, 3.05) is 27.2 Å². The third kappa shape index (κ3) is 3.68. The van der Waals surface area contributed by atoms with Gasteiger partial charge in [-0.05, 0) is 33.9 Å². The van der Waals surface area contributed by atoms with Gasteiger partial charge in [-0.1, -0.05) is 19.3 Å². The second kappa shape index (κ2) is 6.36. The van der Waals surface area contributed by atoms with Gasteiger partial charge in [0.15, 0.2) is 0 Å². The Hall–Kier alpha value is -0.610. The van der Waals surface area contributed by atoms with Gasteiger partial charge in [-0.15, -0.1) is 0 Å². The second-order valence-corrected chi connectivity index (χ2v) is 5.57. The molecule has 17 heavy (non-hydrogen) atoms. The van der Waals surface area contributed by atoms with E-state index in [0.717, 1.165) is 25.7 Å². The fourth-order valence-corrected chi connectivity index (χ4v) is 2.36. The molecule has 0 aromatic carbocycles. The maximum atomic E-state index is 12.3. The lowest BCUT2D eigenvalue weighted by Crippen LogP contribution is -2.49. The number of carbonyl (C=O) groups excluding carboxylic acids is 1. The molecule has 4 heteroatoms. The molecule has 1 rings (SSSR count). The summed E-state index contributed by atoms with van der Waals surface area (Å²) in [6, 6.07) is 0.359. The van der Waals surface area contributed by atoms with Crippen LogP contribution >= 0.6 is 0 Å². The van der Waals surface area contributed by atoms with E-state index in [9.17, 15) is 4.79 Å². The highest BCUT2D eigenvalue weighted by atomic mass is 16.2. The van der Waals surface area contributed by atoms with Crippen molar-refractivity contribution in [2.24, 2.45) is 11.1 Å². The van der Waals surface area contributed by atoms with Gasteiger partial charge in [-0.25, -0.2) is 0 Å². The van der Waals surface area contributed by atoms with Gasteiger partial charge in [0.05, 0.1) is 5.41 Å². The first-order valence-corrected chi connectivity index (χ1v) is 6.66. The lowest BCUT2D eigenvalue weighted by molar-refractivity contribution is -0.132. The molecule has 1 unspecified atom stereocenters. The van der Waals surface area contributed by atoms with E-state index >= 15 is 0 Å². The van der Waals surface area contributed by atoms with Crippen LogP contribution in [-0.4, -0.2) is 44.0 Å². The molecule has 1 fully saturated rings. The van der Waals surface area contributed by atoms with Gasteiger partial charge < -0.3 is 16.0 Å². The molecule has 0 aromatic rings. The summed E-state index contributed by atoms with van der Waals surface area (Å²) in [5.74, 6) is 0.161. The molecule has 1 aliphatic rings. The minimum atomic E-state index is -0.287. The molecule has 0 spiro atoms. The van der Waals surface area contributed by atoms with Crippen molar-refractivity contribution < 1.29 is 4.79 Å². The lowest BCUT2D eigenvalue weighted by atomic mass is 9.73. The van der Waals surface area contributed by atoms with Crippen LogP contribution in [0.3, 0.4) is 0 Å². The average molecular weight is 241 g/mol. The summed E-state index contributed by atoms with van der Waals surface area (Å²) in [5, 5.41) is 3.06. The molecule has 1 aliphatic carbocycles. The quantitative estimate of drug-likeness (QED) is 0.754. The highest BCUT2D eigenvalue weighted by Crippen LogP contribution is 2.35. The average Bonchev–Trinajstić information content (AvgIpc) is 2.36. The number of hydrogen-bond donors (Lipinski definition) is 2. The smallest absolute Gasteiger partial charge is 0.227 e. The summed E-state index contributed by atoms with van der Waals surface area (Å²) < 4.78 is 0. The molecule has 100 valence electrons. The molecule has 1 saturated carbocycles. The van der Waals surface area contributed by atoms with Crippen LogP contribution in [-0.2, 0) is 4.79 Å². The zero-order chi connectivity index (χ0) is 12.9. The van der Waals surface area contributed by atoms with E-state index < -0.39 is 0 Å². The minimum absolute atomic E-state index is 0.161. The van der Waals surface area contributed by atoms with Crippen molar-refractivity contribution in [2.45, 2.75) is 45.1 Å². The number of carbonyl (C=O) groups is 1. The predicted molar refractivity (Wildman–Crippen MR) is 70.7 cm³/mol. The summed E-state index contributed by atoms with van der Waals surface area (Å²) in [5.41, 5.74) is 5.55. The van der Waals surface area contributed by atoms with Crippen molar-refractivity contribution >= 4 is 5.91 Å². The van der Waals surface area contributed by atoms with Gasteiger partial charge >= 0.3 is 0 Å². The molecule has 0 bridgehead atoms. The van der Waals surface area contributed by atoms with Crippen molar-refractivity contribution in [1.29, 1.82) is 0 Å². The van der Waals surface area contributed by atoms with E-state index in [2.05, 4.69) is 17.1 Å². The first-order chi connectivity index (χ1) is 8.02. The molecule has 0 heterocycles. The number of rotatable bonds is 5. The van der Waals surface area contributed by atoms with E-state index in [-0.39, 0.29) is 11.3 Å². The molecule has 0 aromatic heterocycles. The van der Waals surface area contributed by atoms with Gasteiger partial charge in [0.1, 0.15) is 0 Å². The molecule has 0 aliphatic heterocycles. The Morgan fingerprint density at radius 3 is 2.41 bits per heavy atom. The summed E-state index contributed by atoms with van der Waals surface area (Å²) in [4.78, 5) is 14.4. The van der Waals surface area contributed by atoms with Crippen molar-refractivity contribution in [1.82, 2.24) is 10.2 Å². The molecule has 0 saturated heterocycles. The molecular weight excluding hydrogens is 214 g/mol. The Morgan fingerprint density at radius 1 is 1.35 bits per heavy atom. The molecule has 0 radical (unpaired) electrons. The highest BCUT2D eigenvalue weighted by Gasteiger charge is 2.37. The zero-order valence-electron chi connectivity index (χ0n) is 11.5. The maximum Gasteiger partial charge on any atom is 0.227 e. The number of likely N-dealkylation sites (N-methyl/N-ethyl adjacent to an activating group) is 1. The number of nitrogens with two attached hydrogens (primary N) is 1. The fraction of sp³-hybridized carbons (Fsp3) is 0.923. The Bertz CT molecular complexity index is 247.